The third kappa shape index (κ3) is 6.18. The van der Waals surface area contributed by atoms with Crippen LogP contribution in [0.3, 0.4) is 0 Å². The Morgan fingerprint density at radius 3 is 2.77 bits per heavy atom. The number of aryl methyl sites for hydroxylation is 3. The molecule has 2 rings (SSSR count). The summed E-state index contributed by atoms with van der Waals surface area (Å²) < 4.78 is 36.3. The first-order valence-corrected chi connectivity index (χ1v) is 7.79. The van der Waals surface area contributed by atoms with Crippen molar-refractivity contribution in [3.8, 4) is 5.88 Å². The minimum atomic E-state index is -4.43. The fourth-order valence-electron chi connectivity index (χ4n) is 2.03. The molecule has 0 saturated carbocycles. The van der Waals surface area contributed by atoms with Gasteiger partial charge in [0, 0.05) is 18.2 Å². The minimum Gasteiger partial charge on any atom is -0.493 e. The standard InChI is InChI=1S/C14H19F3N8O/c1-8-6-19-10(21-12(8)26)5-3-2-4-9-11(24-25-23-9)22-13(18)20-7-14(15,16)17/h6H,2-5,7H2,1H3,(H,19,21,26)(H4,18,20,22,23,24,25). The third-order valence-corrected chi connectivity index (χ3v) is 3.37. The lowest BCUT2D eigenvalue weighted by molar-refractivity contribution is -0.118. The normalized spacial score (nSPS) is 12.4. The predicted octanol–water partition coefficient (Wildman–Crippen LogP) is 1.46. The molecule has 0 aliphatic heterocycles. The molecule has 0 unspecified atom stereocenters. The molecule has 0 radical (unpaired) electrons. The topological polar surface area (TPSA) is 138 Å². The summed E-state index contributed by atoms with van der Waals surface area (Å²) in [5.41, 5.74) is 6.62. The SMILES string of the molecule is Cc1cnc(CCCCc2[nH]nnc2NC(N)=NCC(F)(F)F)nc1O. The molecule has 0 spiro atoms. The minimum absolute atomic E-state index is 0.0344. The Kier molecular flexibility index (Phi) is 6.31. The number of nitrogens with zero attached hydrogens (tertiary/aromatic N) is 5. The Balaban J connectivity index is 1.82. The van der Waals surface area contributed by atoms with E-state index in [1.54, 1.807) is 13.1 Å². The number of aromatic hydroxyl groups is 1. The summed E-state index contributed by atoms with van der Waals surface area (Å²) in [6.45, 7) is 0.338. The first kappa shape index (κ1) is 19.4. The number of anilines is 1. The van der Waals surface area contributed by atoms with Crippen molar-refractivity contribution in [2.45, 2.75) is 38.8 Å². The summed E-state index contributed by atoms with van der Waals surface area (Å²) in [6, 6.07) is 0. The van der Waals surface area contributed by atoms with Crippen LogP contribution in [0.15, 0.2) is 11.2 Å². The van der Waals surface area contributed by atoms with Crippen molar-refractivity contribution in [2.75, 3.05) is 11.9 Å². The fraction of sp³-hybridized carbons (Fsp3) is 0.500. The van der Waals surface area contributed by atoms with E-state index in [2.05, 4.69) is 35.7 Å². The van der Waals surface area contributed by atoms with Crippen LogP contribution in [0.5, 0.6) is 5.88 Å². The van der Waals surface area contributed by atoms with Crippen LogP contribution in [-0.2, 0) is 12.8 Å². The summed E-state index contributed by atoms with van der Waals surface area (Å²) in [5.74, 6) is 0.351. The average molecular weight is 372 g/mol. The third-order valence-electron chi connectivity index (χ3n) is 3.37. The molecule has 2 aromatic heterocycles. The van der Waals surface area contributed by atoms with Crippen molar-refractivity contribution in [1.29, 1.82) is 0 Å². The zero-order valence-electron chi connectivity index (χ0n) is 14.0. The maximum atomic E-state index is 12.1. The molecule has 2 heterocycles. The van der Waals surface area contributed by atoms with Crippen molar-refractivity contribution in [3.63, 3.8) is 0 Å². The van der Waals surface area contributed by atoms with Crippen molar-refractivity contribution in [3.05, 3.63) is 23.3 Å². The maximum Gasteiger partial charge on any atom is 0.408 e. The van der Waals surface area contributed by atoms with E-state index in [0.717, 1.165) is 12.8 Å². The van der Waals surface area contributed by atoms with Crippen LogP contribution in [-0.4, -0.2) is 49.2 Å². The van der Waals surface area contributed by atoms with E-state index in [0.29, 0.717) is 29.9 Å². The monoisotopic (exact) mass is 372 g/mol. The number of rotatable bonds is 7. The first-order valence-electron chi connectivity index (χ1n) is 7.79. The number of hydrogen-bond donors (Lipinski definition) is 4. The summed E-state index contributed by atoms with van der Waals surface area (Å²) in [5, 5.41) is 22.1. The van der Waals surface area contributed by atoms with Gasteiger partial charge in [-0.05, 0) is 26.2 Å². The molecule has 0 fully saturated rings. The first-order chi connectivity index (χ1) is 12.2. The molecule has 9 nitrogen and oxygen atoms in total. The Bertz CT molecular complexity index is 759. The molecule has 26 heavy (non-hydrogen) atoms. The summed E-state index contributed by atoms with van der Waals surface area (Å²) >= 11 is 0. The van der Waals surface area contributed by atoms with E-state index in [1.807, 2.05) is 0 Å². The van der Waals surface area contributed by atoms with Crippen molar-refractivity contribution >= 4 is 11.8 Å². The highest BCUT2D eigenvalue weighted by atomic mass is 19.4. The average Bonchev–Trinajstić information content (AvgIpc) is 2.99. The number of guanidine groups is 1. The smallest absolute Gasteiger partial charge is 0.408 e. The zero-order valence-corrected chi connectivity index (χ0v) is 14.0. The van der Waals surface area contributed by atoms with Crippen LogP contribution in [0.1, 0.15) is 29.9 Å². The Hall–Kier alpha value is -2.92. The van der Waals surface area contributed by atoms with Crippen LogP contribution in [0.4, 0.5) is 19.0 Å². The van der Waals surface area contributed by atoms with E-state index in [1.165, 1.54) is 0 Å². The van der Waals surface area contributed by atoms with Crippen LogP contribution < -0.4 is 11.1 Å². The summed E-state index contributed by atoms with van der Waals surface area (Å²) in [6.07, 6.45) is -0.297. The molecule has 0 amide bonds. The Labute approximate surface area is 147 Å². The van der Waals surface area contributed by atoms with E-state index < -0.39 is 12.7 Å². The van der Waals surface area contributed by atoms with Gasteiger partial charge in [0.2, 0.25) is 5.88 Å². The second-order valence-electron chi connectivity index (χ2n) is 5.58. The van der Waals surface area contributed by atoms with E-state index in [4.69, 9.17) is 5.73 Å². The number of aliphatic imine (C=N–C) groups is 1. The van der Waals surface area contributed by atoms with Crippen molar-refractivity contribution in [1.82, 2.24) is 25.4 Å². The Morgan fingerprint density at radius 1 is 1.35 bits per heavy atom. The molecule has 0 aliphatic carbocycles. The lowest BCUT2D eigenvalue weighted by atomic mass is 10.1. The van der Waals surface area contributed by atoms with Gasteiger partial charge in [-0.15, -0.1) is 5.10 Å². The molecule has 0 atom stereocenters. The van der Waals surface area contributed by atoms with Gasteiger partial charge < -0.3 is 16.2 Å². The number of nitrogens with one attached hydrogen (secondary N) is 2. The molecule has 0 saturated heterocycles. The molecule has 5 N–H and O–H groups in total. The van der Waals surface area contributed by atoms with Crippen molar-refractivity contribution < 1.29 is 18.3 Å². The Morgan fingerprint density at radius 2 is 2.08 bits per heavy atom. The van der Waals surface area contributed by atoms with Crippen LogP contribution in [0.2, 0.25) is 0 Å². The quantitative estimate of drug-likeness (QED) is 0.328. The molecule has 142 valence electrons. The lowest BCUT2D eigenvalue weighted by Gasteiger charge is -2.06. The highest BCUT2D eigenvalue weighted by molar-refractivity contribution is 5.91. The number of hydrogen-bond acceptors (Lipinski definition) is 6. The molecule has 12 heteroatoms. The van der Waals surface area contributed by atoms with Gasteiger partial charge in [0.25, 0.3) is 0 Å². The van der Waals surface area contributed by atoms with E-state index >= 15 is 0 Å². The van der Waals surface area contributed by atoms with Gasteiger partial charge in [-0.1, -0.05) is 5.21 Å². The number of alkyl halides is 3. The van der Waals surface area contributed by atoms with Crippen LogP contribution >= 0.6 is 0 Å². The van der Waals surface area contributed by atoms with Crippen LogP contribution in [0.25, 0.3) is 0 Å². The highest BCUT2D eigenvalue weighted by Gasteiger charge is 2.26. The van der Waals surface area contributed by atoms with Gasteiger partial charge in [0.05, 0.1) is 5.69 Å². The molecule has 0 aliphatic rings. The maximum absolute atomic E-state index is 12.1. The number of halogens is 3. The van der Waals surface area contributed by atoms with E-state index in [9.17, 15) is 18.3 Å². The second kappa shape index (κ2) is 8.45. The van der Waals surface area contributed by atoms with Gasteiger partial charge in [0.1, 0.15) is 12.4 Å². The van der Waals surface area contributed by atoms with Gasteiger partial charge in [0.15, 0.2) is 11.8 Å². The largest absolute Gasteiger partial charge is 0.493 e. The highest BCUT2D eigenvalue weighted by Crippen LogP contribution is 2.16. The molecular weight excluding hydrogens is 353 g/mol. The molecular formula is C14H19F3N8O. The number of aromatic amines is 1. The van der Waals surface area contributed by atoms with Gasteiger partial charge in [-0.2, -0.15) is 18.2 Å². The summed E-state index contributed by atoms with van der Waals surface area (Å²) in [7, 11) is 0. The number of nitrogens with two attached hydrogens (primary N) is 1. The van der Waals surface area contributed by atoms with Gasteiger partial charge in [-0.25, -0.2) is 9.98 Å². The number of unbranched alkanes of at least 4 members (excludes halogenated alkanes) is 1. The fourth-order valence-corrected chi connectivity index (χ4v) is 2.03. The lowest BCUT2D eigenvalue weighted by Crippen LogP contribution is -2.26. The number of H-pyrrole nitrogens is 1. The van der Waals surface area contributed by atoms with Gasteiger partial charge >= 0.3 is 6.18 Å². The van der Waals surface area contributed by atoms with Crippen LogP contribution in [0, 0.1) is 6.92 Å². The predicted molar refractivity (Wildman–Crippen MR) is 87.6 cm³/mol. The molecule has 0 bridgehead atoms. The molecule has 2 aromatic rings. The van der Waals surface area contributed by atoms with Crippen molar-refractivity contribution in [2.24, 2.45) is 10.7 Å². The number of aromatic nitrogens is 5. The summed E-state index contributed by atoms with van der Waals surface area (Å²) in [4.78, 5) is 11.3. The van der Waals surface area contributed by atoms with Gasteiger partial charge in [-0.3, -0.25) is 5.10 Å². The zero-order chi connectivity index (χ0) is 19.2. The second-order valence-corrected chi connectivity index (χ2v) is 5.58. The van der Waals surface area contributed by atoms with E-state index in [-0.39, 0.29) is 17.7 Å². The molecule has 0 aromatic carbocycles.